The van der Waals surface area contributed by atoms with Crippen molar-refractivity contribution in [1.82, 2.24) is 4.90 Å². The van der Waals surface area contributed by atoms with Gasteiger partial charge in [-0.3, -0.25) is 9.59 Å². The quantitative estimate of drug-likeness (QED) is 0.201. The smallest absolute Gasteiger partial charge is 0.416 e. The van der Waals surface area contributed by atoms with E-state index in [4.69, 9.17) is 5.41 Å². The Hall–Kier alpha value is -4.15. The Morgan fingerprint density at radius 1 is 0.930 bits per heavy atom. The number of hydrogen-bond donors (Lipinski definition) is 2. The number of carboxylic acid groups (broad SMARTS) is 1. The molecular formula is C32H30F6N2O3. The molecule has 0 saturated carbocycles. The summed E-state index contributed by atoms with van der Waals surface area (Å²) in [6.45, 7) is 2.19. The first-order valence-corrected chi connectivity index (χ1v) is 13.7. The number of piperidine rings is 1. The molecule has 3 aromatic rings. The van der Waals surface area contributed by atoms with E-state index in [1.807, 2.05) is 0 Å². The van der Waals surface area contributed by atoms with Crippen LogP contribution in [0.3, 0.4) is 0 Å². The lowest BCUT2D eigenvalue weighted by Crippen LogP contribution is -2.42. The summed E-state index contributed by atoms with van der Waals surface area (Å²) in [5.74, 6) is -2.90. The Labute approximate surface area is 244 Å². The molecule has 2 N–H and O–H groups in total. The Kier molecular flexibility index (Phi) is 9.32. The molecule has 1 aliphatic rings. The highest BCUT2D eigenvalue weighted by Gasteiger charge is 2.32. The van der Waals surface area contributed by atoms with Gasteiger partial charge >= 0.3 is 18.3 Å². The highest BCUT2D eigenvalue weighted by Crippen LogP contribution is 2.36. The first kappa shape index (κ1) is 31.8. The lowest BCUT2D eigenvalue weighted by atomic mass is 9.83. The molecule has 0 radical (unpaired) electrons. The maximum absolute atomic E-state index is 13.3. The number of carboxylic acids is 1. The van der Waals surface area contributed by atoms with Crippen LogP contribution in [0, 0.1) is 18.3 Å². The summed E-state index contributed by atoms with van der Waals surface area (Å²) < 4.78 is 78.6. The molecule has 3 aromatic carbocycles. The van der Waals surface area contributed by atoms with Gasteiger partial charge in [0.25, 0.3) is 5.91 Å². The van der Waals surface area contributed by atoms with E-state index in [0.717, 1.165) is 12.1 Å². The summed E-state index contributed by atoms with van der Waals surface area (Å²) >= 11 is 0. The number of halogens is 6. The molecule has 4 rings (SSSR count). The van der Waals surface area contributed by atoms with Gasteiger partial charge in [-0.2, -0.15) is 26.3 Å². The van der Waals surface area contributed by atoms with Crippen molar-refractivity contribution in [2.45, 2.75) is 50.9 Å². The van der Waals surface area contributed by atoms with Crippen LogP contribution in [0.25, 0.3) is 11.1 Å². The fraction of sp³-hybridized carbons (Fsp3) is 0.344. The molecular weight excluding hydrogens is 574 g/mol. The average molecular weight is 605 g/mol. The standard InChI is InChI=1S/C32H30F6N2O3/c1-19-17-23(20-8-11-25(12-9-20)32(36,37)38)10-13-26(19)27(14-15-31(33,34)35)28(39)21-4-6-22(7-5-21)29(41)40-16-2-3-24(18-40)30(42)43/h4-13,17,24,27,39H,2-3,14-16,18H2,1H3,(H,42,43)/t24-,27?/m1/s1. The summed E-state index contributed by atoms with van der Waals surface area (Å²) in [6, 6.07) is 15.4. The van der Waals surface area contributed by atoms with Crippen molar-refractivity contribution in [1.29, 1.82) is 5.41 Å². The number of carbonyl (C=O) groups is 2. The number of aliphatic carboxylic acids is 1. The predicted molar refractivity (Wildman–Crippen MR) is 149 cm³/mol. The van der Waals surface area contributed by atoms with Gasteiger partial charge in [0.2, 0.25) is 0 Å². The van der Waals surface area contributed by atoms with Crippen LogP contribution in [0.5, 0.6) is 0 Å². The van der Waals surface area contributed by atoms with Gasteiger partial charge in [-0.05, 0) is 78.3 Å². The molecule has 0 spiro atoms. The number of nitrogens with one attached hydrogen (secondary N) is 1. The summed E-state index contributed by atoms with van der Waals surface area (Å²) in [4.78, 5) is 25.8. The highest BCUT2D eigenvalue weighted by molar-refractivity contribution is 6.04. The van der Waals surface area contributed by atoms with E-state index >= 15 is 0 Å². The summed E-state index contributed by atoms with van der Waals surface area (Å²) in [5, 5.41) is 18.1. The lowest BCUT2D eigenvalue weighted by molar-refractivity contribution is -0.143. The summed E-state index contributed by atoms with van der Waals surface area (Å²) in [6.07, 6.45) is -9.41. The molecule has 1 fully saturated rings. The molecule has 0 aliphatic carbocycles. The summed E-state index contributed by atoms with van der Waals surface area (Å²) in [5.41, 5.74) is 1.91. The third kappa shape index (κ3) is 7.82. The average Bonchev–Trinajstić information content (AvgIpc) is 2.96. The van der Waals surface area contributed by atoms with E-state index in [9.17, 15) is 41.0 Å². The number of carbonyl (C=O) groups excluding carboxylic acids is 1. The third-order valence-corrected chi connectivity index (χ3v) is 7.76. The van der Waals surface area contributed by atoms with Crippen molar-refractivity contribution in [3.05, 3.63) is 94.5 Å². The van der Waals surface area contributed by atoms with E-state index in [1.165, 1.54) is 41.3 Å². The van der Waals surface area contributed by atoms with Crippen molar-refractivity contribution in [3.63, 3.8) is 0 Å². The first-order chi connectivity index (χ1) is 20.1. The Bertz CT molecular complexity index is 1480. The van der Waals surface area contributed by atoms with Crippen molar-refractivity contribution in [3.8, 4) is 11.1 Å². The third-order valence-electron chi connectivity index (χ3n) is 7.76. The van der Waals surface area contributed by atoms with Gasteiger partial charge in [-0.1, -0.05) is 42.5 Å². The van der Waals surface area contributed by atoms with Gasteiger partial charge in [0, 0.05) is 36.7 Å². The highest BCUT2D eigenvalue weighted by atomic mass is 19.4. The van der Waals surface area contributed by atoms with E-state index in [-0.39, 0.29) is 23.7 Å². The molecule has 5 nitrogen and oxygen atoms in total. The van der Waals surface area contributed by atoms with Crippen LogP contribution in [0.15, 0.2) is 66.7 Å². The van der Waals surface area contributed by atoms with Crippen molar-refractivity contribution in [2.75, 3.05) is 13.1 Å². The maximum atomic E-state index is 13.3. The molecule has 1 unspecified atom stereocenters. The Balaban J connectivity index is 1.58. The van der Waals surface area contributed by atoms with Gasteiger partial charge < -0.3 is 15.4 Å². The van der Waals surface area contributed by atoms with E-state index in [0.29, 0.717) is 47.2 Å². The number of hydrogen-bond acceptors (Lipinski definition) is 3. The minimum Gasteiger partial charge on any atom is -0.481 e. The maximum Gasteiger partial charge on any atom is 0.416 e. The normalized spacial score (nSPS) is 16.5. The Morgan fingerprint density at radius 2 is 1.53 bits per heavy atom. The van der Waals surface area contributed by atoms with Gasteiger partial charge in [-0.15, -0.1) is 0 Å². The minimum atomic E-state index is -4.48. The molecule has 1 saturated heterocycles. The SMILES string of the molecule is Cc1cc(-c2ccc(C(F)(F)F)cc2)ccc1C(CCC(F)(F)F)C(=N)c1ccc(C(=O)N2CCC[C@@H](C(=O)O)C2)cc1. The van der Waals surface area contributed by atoms with Crippen LogP contribution in [0.1, 0.15) is 64.2 Å². The van der Waals surface area contributed by atoms with E-state index < -0.39 is 48.6 Å². The second kappa shape index (κ2) is 12.6. The molecule has 43 heavy (non-hydrogen) atoms. The number of aryl methyl sites for hydroxylation is 1. The van der Waals surface area contributed by atoms with Crippen LogP contribution in [-0.4, -0.2) is 46.9 Å². The Morgan fingerprint density at radius 3 is 2.09 bits per heavy atom. The van der Waals surface area contributed by atoms with Gasteiger partial charge in [0.15, 0.2) is 0 Å². The van der Waals surface area contributed by atoms with Crippen LogP contribution < -0.4 is 0 Å². The predicted octanol–water partition coefficient (Wildman–Crippen LogP) is 8.11. The molecule has 0 bridgehead atoms. The van der Waals surface area contributed by atoms with Gasteiger partial charge in [-0.25, -0.2) is 0 Å². The number of nitrogens with zero attached hydrogens (tertiary/aromatic N) is 1. The fourth-order valence-corrected chi connectivity index (χ4v) is 5.40. The molecule has 1 amide bonds. The largest absolute Gasteiger partial charge is 0.481 e. The van der Waals surface area contributed by atoms with Crippen LogP contribution in [0.4, 0.5) is 26.3 Å². The molecule has 228 valence electrons. The monoisotopic (exact) mass is 604 g/mol. The van der Waals surface area contributed by atoms with Crippen LogP contribution in [-0.2, 0) is 11.0 Å². The molecule has 11 heteroatoms. The van der Waals surface area contributed by atoms with Crippen LogP contribution >= 0.6 is 0 Å². The zero-order valence-electron chi connectivity index (χ0n) is 23.2. The number of alkyl halides is 6. The van der Waals surface area contributed by atoms with Crippen molar-refractivity contribution in [2.24, 2.45) is 5.92 Å². The van der Waals surface area contributed by atoms with Gasteiger partial charge in [0.1, 0.15) is 0 Å². The molecule has 2 atom stereocenters. The van der Waals surface area contributed by atoms with Gasteiger partial charge in [0.05, 0.1) is 11.5 Å². The zero-order chi connectivity index (χ0) is 31.5. The van der Waals surface area contributed by atoms with Crippen molar-refractivity contribution >= 4 is 17.6 Å². The second-order valence-corrected chi connectivity index (χ2v) is 10.8. The number of rotatable bonds is 8. The number of benzene rings is 3. The topological polar surface area (TPSA) is 81.5 Å². The lowest BCUT2D eigenvalue weighted by Gasteiger charge is -2.30. The first-order valence-electron chi connectivity index (χ1n) is 13.7. The van der Waals surface area contributed by atoms with Crippen LogP contribution in [0.2, 0.25) is 0 Å². The molecule has 0 aromatic heterocycles. The second-order valence-electron chi connectivity index (χ2n) is 10.8. The fourth-order valence-electron chi connectivity index (χ4n) is 5.40. The number of likely N-dealkylation sites (tertiary alicyclic amines) is 1. The minimum absolute atomic E-state index is 0.0717. The van der Waals surface area contributed by atoms with Crippen molar-refractivity contribution < 1.29 is 41.0 Å². The van der Waals surface area contributed by atoms with E-state index in [2.05, 4.69) is 0 Å². The zero-order valence-corrected chi connectivity index (χ0v) is 23.2. The molecule has 1 aliphatic heterocycles. The van der Waals surface area contributed by atoms with E-state index in [1.54, 1.807) is 25.1 Å². The molecule has 1 heterocycles. The number of amides is 1. The summed E-state index contributed by atoms with van der Waals surface area (Å²) in [7, 11) is 0.